The highest BCUT2D eigenvalue weighted by atomic mass is 35.5. The molecule has 0 spiro atoms. The number of hydrogen-bond donors (Lipinski definition) is 3. The van der Waals surface area contributed by atoms with Crippen LogP contribution in [-0.2, 0) is 21.1 Å². The highest BCUT2D eigenvalue weighted by molar-refractivity contribution is 7.91. The van der Waals surface area contributed by atoms with Gasteiger partial charge in [0.05, 0.1) is 15.9 Å². The van der Waals surface area contributed by atoms with E-state index < -0.39 is 28.5 Å². The van der Waals surface area contributed by atoms with Crippen LogP contribution in [0.5, 0.6) is 5.75 Å². The minimum absolute atomic E-state index is 0. The Morgan fingerprint density at radius 3 is 2.17 bits per heavy atom. The average Bonchev–Trinajstić information content (AvgIpc) is 2.81. The molecule has 0 fully saturated rings. The number of sulfone groups is 1. The smallest absolute Gasteiger partial charge is 0.341 e. The van der Waals surface area contributed by atoms with Crippen molar-refractivity contribution in [2.24, 2.45) is 0 Å². The maximum Gasteiger partial charge on any atom is 0.341 e. The van der Waals surface area contributed by atoms with E-state index in [0.717, 1.165) is 11.1 Å². The van der Waals surface area contributed by atoms with Gasteiger partial charge in [0.2, 0.25) is 9.84 Å². The van der Waals surface area contributed by atoms with Crippen molar-refractivity contribution in [1.82, 2.24) is 5.32 Å². The van der Waals surface area contributed by atoms with Gasteiger partial charge in [-0.1, -0.05) is 35.9 Å². The van der Waals surface area contributed by atoms with Crippen LogP contribution in [0.15, 0.2) is 82.6 Å². The average molecular weight is 554 g/mol. The first-order valence-corrected chi connectivity index (χ1v) is 12.8. The molecule has 0 aromatic heterocycles. The van der Waals surface area contributed by atoms with Crippen LogP contribution in [0, 0.1) is 0 Å². The molecule has 3 aromatic carbocycles. The van der Waals surface area contributed by atoms with Crippen molar-refractivity contribution in [1.29, 1.82) is 0 Å². The molecule has 7 nitrogen and oxygen atoms in total. The summed E-state index contributed by atoms with van der Waals surface area (Å²) in [5, 5.41) is 23.1. The molecule has 0 bridgehead atoms. The summed E-state index contributed by atoms with van der Waals surface area (Å²) in [6.45, 7) is 3.86. The summed E-state index contributed by atoms with van der Waals surface area (Å²) in [4.78, 5) is 10.8. The number of aliphatic hydroxyl groups excluding tert-OH is 1. The molecule has 0 unspecified atom stereocenters. The third kappa shape index (κ3) is 8.21. The van der Waals surface area contributed by atoms with Crippen LogP contribution in [0.1, 0.15) is 31.1 Å². The summed E-state index contributed by atoms with van der Waals surface area (Å²) in [6.07, 6.45) is -0.0908. The summed E-state index contributed by atoms with van der Waals surface area (Å²) >= 11 is 6.00. The lowest BCUT2D eigenvalue weighted by atomic mass is 9.94. The molecule has 0 aliphatic heterocycles. The Morgan fingerprint density at radius 1 is 1.03 bits per heavy atom. The summed E-state index contributed by atoms with van der Waals surface area (Å²) in [5.41, 5.74) is 1.32. The summed E-state index contributed by atoms with van der Waals surface area (Å²) in [7, 11) is -3.73. The predicted molar refractivity (Wildman–Crippen MR) is 141 cm³/mol. The zero-order valence-electron chi connectivity index (χ0n) is 19.8. The molecule has 3 rings (SSSR count). The van der Waals surface area contributed by atoms with Crippen molar-refractivity contribution >= 4 is 39.8 Å². The molecule has 0 heterocycles. The molecule has 0 saturated carbocycles. The predicted octanol–water partition coefficient (Wildman–Crippen LogP) is 4.70. The minimum atomic E-state index is -3.73. The zero-order chi connectivity index (χ0) is 25.6. The van der Waals surface area contributed by atoms with Gasteiger partial charge in [-0.2, -0.15) is 0 Å². The summed E-state index contributed by atoms with van der Waals surface area (Å²) in [6, 6.07) is 19.4. The third-order valence-corrected chi connectivity index (χ3v) is 7.40. The second-order valence-corrected chi connectivity index (χ2v) is 11.2. The first-order chi connectivity index (χ1) is 16.5. The fourth-order valence-electron chi connectivity index (χ4n) is 3.56. The fraction of sp³-hybridized carbons (Fsp3) is 0.269. The lowest BCUT2D eigenvalue weighted by molar-refractivity contribution is -0.139. The Morgan fingerprint density at radius 2 is 1.61 bits per heavy atom. The Bertz CT molecular complexity index is 1260. The van der Waals surface area contributed by atoms with Crippen molar-refractivity contribution in [3.05, 3.63) is 88.9 Å². The lowest BCUT2D eigenvalue weighted by Gasteiger charge is -2.28. The number of carboxylic acids is 1. The van der Waals surface area contributed by atoms with E-state index in [1.54, 1.807) is 42.5 Å². The van der Waals surface area contributed by atoms with E-state index in [0.29, 0.717) is 18.0 Å². The second-order valence-electron chi connectivity index (χ2n) is 8.81. The standard InChI is InChI=1S/C26H28ClNO6S.ClH/c1-26(2,28-16-24(29)19-4-3-5-20(27)14-19)15-18-6-10-22(11-7-18)35(32,33)23-12-8-21(9-13-23)34-17-25(30)31;/h3-14,24,28-29H,15-17H2,1-2H3,(H,30,31);1H/t24-;/m1./s1. The van der Waals surface area contributed by atoms with Crippen molar-refractivity contribution < 1.29 is 28.2 Å². The molecule has 194 valence electrons. The van der Waals surface area contributed by atoms with Crippen LogP contribution in [0.4, 0.5) is 0 Å². The number of aliphatic hydroxyl groups is 1. The zero-order valence-corrected chi connectivity index (χ0v) is 22.2. The Hall–Kier alpha value is -2.62. The lowest BCUT2D eigenvalue weighted by Crippen LogP contribution is -2.43. The third-order valence-electron chi connectivity index (χ3n) is 5.38. The van der Waals surface area contributed by atoms with E-state index in [-0.39, 0.29) is 33.5 Å². The molecule has 3 aromatic rings. The van der Waals surface area contributed by atoms with Gasteiger partial charge in [0.15, 0.2) is 6.61 Å². The molecule has 0 aliphatic carbocycles. The van der Waals surface area contributed by atoms with Crippen LogP contribution in [0.25, 0.3) is 0 Å². The van der Waals surface area contributed by atoms with Crippen molar-refractivity contribution in [2.45, 2.75) is 41.7 Å². The van der Waals surface area contributed by atoms with Crippen molar-refractivity contribution in [2.75, 3.05) is 13.2 Å². The van der Waals surface area contributed by atoms with E-state index in [1.165, 1.54) is 24.3 Å². The molecule has 0 radical (unpaired) electrons. The molecular formula is C26H29Cl2NO6S. The van der Waals surface area contributed by atoms with Gasteiger partial charge in [0, 0.05) is 17.1 Å². The number of ether oxygens (including phenoxy) is 1. The number of carboxylic acid groups (broad SMARTS) is 1. The van der Waals surface area contributed by atoms with Crippen molar-refractivity contribution in [3.8, 4) is 5.75 Å². The monoisotopic (exact) mass is 553 g/mol. The highest BCUT2D eigenvalue weighted by Crippen LogP contribution is 2.25. The normalized spacial score (nSPS) is 12.4. The van der Waals surface area contributed by atoms with Gasteiger partial charge >= 0.3 is 5.97 Å². The molecular weight excluding hydrogens is 525 g/mol. The second kappa shape index (κ2) is 12.6. The molecule has 36 heavy (non-hydrogen) atoms. The van der Waals surface area contributed by atoms with Crippen LogP contribution in [0.3, 0.4) is 0 Å². The number of benzene rings is 3. The topological polar surface area (TPSA) is 113 Å². The van der Waals surface area contributed by atoms with Gasteiger partial charge in [-0.3, -0.25) is 0 Å². The van der Waals surface area contributed by atoms with E-state index >= 15 is 0 Å². The molecule has 1 atom stereocenters. The number of rotatable bonds is 11. The number of aliphatic carboxylic acids is 1. The van der Waals surface area contributed by atoms with Gasteiger partial charge < -0.3 is 20.3 Å². The summed E-state index contributed by atoms with van der Waals surface area (Å²) < 4.78 is 31.0. The van der Waals surface area contributed by atoms with Crippen LogP contribution in [0.2, 0.25) is 5.02 Å². The summed E-state index contributed by atoms with van der Waals surface area (Å²) in [5.74, 6) is -0.839. The number of carbonyl (C=O) groups is 1. The van der Waals surface area contributed by atoms with Crippen molar-refractivity contribution in [3.63, 3.8) is 0 Å². The van der Waals surface area contributed by atoms with Crippen LogP contribution in [-0.4, -0.2) is 43.3 Å². The first-order valence-electron chi connectivity index (χ1n) is 10.9. The molecule has 10 heteroatoms. The van der Waals surface area contributed by atoms with Crippen LogP contribution >= 0.6 is 24.0 Å². The van der Waals surface area contributed by atoms with E-state index in [1.807, 2.05) is 19.9 Å². The number of hydrogen-bond acceptors (Lipinski definition) is 6. The van der Waals surface area contributed by atoms with Gasteiger partial charge in [-0.15, -0.1) is 12.4 Å². The van der Waals surface area contributed by atoms with E-state index in [2.05, 4.69) is 5.32 Å². The largest absolute Gasteiger partial charge is 0.482 e. The number of nitrogens with one attached hydrogen (secondary N) is 1. The Labute approximate surface area is 222 Å². The van der Waals surface area contributed by atoms with Gasteiger partial charge in [0.1, 0.15) is 5.75 Å². The highest BCUT2D eigenvalue weighted by Gasteiger charge is 2.22. The maximum absolute atomic E-state index is 13.0. The Kier molecular flexibility index (Phi) is 10.3. The molecule has 0 aliphatic rings. The molecule has 0 saturated heterocycles. The quantitative estimate of drug-likeness (QED) is 0.315. The van der Waals surface area contributed by atoms with Crippen LogP contribution < -0.4 is 10.1 Å². The minimum Gasteiger partial charge on any atom is -0.482 e. The van der Waals surface area contributed by atoms with E-state index in [9.17, 15) is 18.3 Å². The van der Waals surface area contributed by atoms with Gasteiger partial charge in [-0.25, -0.2) is 13.2 Å². The first kappa shape index (κ1) is 29.6. The van der Waals surface area contributed by atoms with E-state index in [4.69, 9.17) is 21.4 Å². The van der Waals surface area contributed by atoms with Gasteiger partial charge in [0.25, 0.3) is 0 Å². The fourth-order valence-corrected chi connectivity index (χ4v) is 5.02. The van der Waals surface area contributed by atoms with Gasteiger partial charge in [-0.05, 0) is 79.9 Å². The molecule has 3 N–H and O–H groups in total. The number of halogens is 2. The SMILES string of the molecule is CC(C)(Cc1ccc(S(=O)(=O)c2ccc(OCC(=O)O)cc2)cc1)NC[C@@H](O)c1cccc(Cl)c1.Cl. The number of β-amino-alcohol motifs (C(OH)–C–C–N with tert-alkyl or cyclic N) is 1. The molecule has 0 amide bonds. The Balaban J connectivity index is 0.00000456. The maximum atomic E-state index is 13.0.